The Labute approximate surface area is 230 Å². The van der Waals surface area contributed by atoms with Gasteiger partial charge in [0.05, 0.1) is 0 Å². The molecule has 0 aromatic heterocycles. The van der Waals surface area contributed by atoms with E-state index < -0.39 is 6.04 Å². The summed E-state index contributed by atoms with van der Waals surface area (Å²) in [4.78, 5) is 29.5. The minimum atomic E-state index is -0.654. The number of benzene rings is 4. The van der Waals surface area contributed by atoms with E-state index in [1.165, 1.54) is 6.42 Å². The number of hydrogen-bond donors (Lipinski definition) is 1. The Kier molecular flexibility index (Phi) is 8.90. The first-order chi connectivity index (χ1) is 19.2. The van der Waals surface area contributed by atoms with Crippen molar-refractivity contribution in [3.63, 3.8) is 0 Å². The average molecular weight is 521 g/mol. The summed E-state index contributed by atoms with van der Waals surface area (Å²) in [6, 6.07) is 33.1. The molecule has 39 heavy (non-hydrogen) atoms. The number of carbonyl (C=O) groups is 2. The van der Waals surface area contributed by atoms with E-state index in [0.717, 1.165) is 47.6 Å². The number of carbonyl (C=O) groups excluding carboxylic acids is 2. The second-order valence-electron chi connectivity index (χ2n) is 10.3. The molecule has 4 aromatic carbocycles. The summed E-state index contributed by atoms with van der Waals surface area (Å²) in [5, 5.41) is 5.29. The highest BCUT2D eigenvalue weighted by atomic mass is 16.5. The van der Waals surface area contributed by atoms with E-state index >= 15 is 0 Å². The molecule has 1 N–H and O–H groups in total. The lowest BCUT2D eigenvalue weighted by molar-refractivity contribution is -0.143. The Balaban J connectivity index is 1.42. The Hall–Kier alpha value is -4.12. The minimum absolute atomic E-state index is 0.0970. The van der Waals surface area contributed by atoms with Crippen LogP contribution in [0.3, 0.4) is 0 Å². The van der Waals surface area contributed by atoms with Crippen LogP contribution in [0.1, 0.15) is 43.2 Å². The summed E-state index contributed by atoms with van der Waals surface area (Å²) < 4.78 is 6.11. The van der Waals surface area contributed by atoms with Crippen LogP contribution in [0.25, 0.3) is 10.8 Å². The minimum Gasteiger partial charge on any atom is -0.483 e. The van der Waals surface area contributed by atoms with Gasteiger partial charge in [0.1, 0.15) is 11.8 Å². The first-order valence-electron chi connectivity index (χ1n) is 14.0. The molecule has 2 amide bonds. The molecule has 1 fully saturated rings. The van der Waals surface area contributed by atoms with Crippen molar-refractivity contribution in [2.75, 3.05) is 6.61 Å². The highest BCUT2D eigenvalue weighted by Crippen LogP contribution is 2.26. The van der Waals surface area contributed by atoms with Crippen molar-refractivity contribution >= 4 is 22.6 Å². The molecule has 0 saturated heterocycles. The van der Waals surface area contributed by atoms with Crippen LogP contribution in [-0.4, -0.2) is 35.4 Å². The number of fused-ring (bicyclic) bond motifs is 1. The standard InChI is InChI=1S/C34H36N2O3/c37-33(25-39-32-22-12-18-28-17-10-11-21-30(28)32)36(24-27-15-6-2-7-16-27)31(23-26-13-4-1-5-14-26)34(38)35-29-19-8-3-9-20-29/h1-2,4-7,10-18,21-22,29,31H,3,8-9,19-20,23-25H2,(H,35,38). The number of nitrogens with zero attached hydrogens (tertiary/aromatic N) is 1. The summed E-state index contributed by atoms with van der Waals surface area (Å²) in [5.74, 6) is 0.346. The van der Waals surface area contributed by atoms with Gasteiger partial charge in [0.15, 0.2) is 6.61 Å². The van der Waals surface area contributed by atoms with Crippen LogP contribution in [0.4, 0.5) is 0 Å². The Morgan fingerprint density at radius 1 is 0.769 bits per heavy atom. The molecule has 0 aliphatic heterocycles. The molecule has 0 spiro atoms. The highest BCUT2D eigenvalue weighted by molar-refractivity contribution is 5.90. The van der Waals surface area contributed by atoms with Gasteiger partial charge in [0.2, 0.25) is 5.91 Å². The number of rotatable bonds is 10. The molecule has 1 saturated carbocycles. The number of amides is 2. The third-order valence-electron chi connectivity index (χ3n) is 7.52. The SMILES string of the molecule is O=C(NC1CCCCC1)C(Cc1ccccc1)N(Cc1ccccc1)C(=O)COc1cccc2ccccc12. The summed E-state index contributed by atoms with van der Waals surface area (Å²) in [6.07, 6.45) is 5.87. The fourth-order valence-corrected chi connectivity index (χ4v) is 5.42. The zero-order valence-corrected chi connectivity index (χ0v) is 22.3. The summed E-state index contributed by atoms with van der Waals surface area (Å²) in [5.41, 5.74) is 1.99. The van der Waals surface area contributed by atoms with Gasteiger partial charge in [0.25, 0.3) is 5.91 Å². The van der Waals surface area contributed by atoms with E-state index in [0.29, 0.717) is 18.7 Å². The number of nitrogens with one attached hydrogen (secondary N) is 1. The van der Waals surface area contributed by atoms with Crippen molar-refractivity contribution in [1.82, 2.24) is 10.2 Å². The van der Waals surface area contributed by atoms with Gasteiger partial charge in [-0.05, 0) is 35.4 Å². The van der Waals surface area contributed by atoms with Crippen molar-refractivity contribution in [2.45, 2.75) is 57.2 Å². The zero-order chi connectivity index (χ0) is 26.9. The monoisotopic (exact) mass is 520 g/mol. The van der Waals surface area contributed by atoms with Crippen molar-refractivity contribution in [3.05, 3.63) is 114 Å². The van der Waals surface area contributed by atoms with Gasteiger partial charge in [-0.3, -0.25) is 9.59 Å². The molecule has 200 valence electrons. The largest absolute Gasteiger partial charge is 0.483 e. The maximum absolute atomic E-state index is 13.9. The molecule has 5 rings (SSSR count). The van der Waals surface area contributed by atoms with Gasteiger partial charge in [-0.15, -0.1) is 0 Å². The Morgan fingerprint density at radius 3 is 2.15 bits per heavy atom. The van der Waals surface area contributed by atoms with Gasteiger partial charge in [0, 0.05) is 24.4 Å². The number of ether oxygens (including phenoxy) is 1. The summed E-state index contributed by atoms with van der Waals surface area (Å²) in [7, 11) is 0. The Morgan fingerprint density at radius 2 is 1.41 bits per heavy atom. The topological polar surface area (TPSA) is 58.6 Å². The normalized spacial score (nSPS) is 14.5. The number of hydrogen-bond acceptors (Lipinski definition) is 3. The molecule has 1 aliphatic carbocycles. The van der Waals surface area contributed by atoms with Crippen molar-refractivity contribution in [3.8, 4) is 5.75 Å². The lowest BCUT2D eigenvalue weighted by Crippen LogP contribution is -2.53. The van der Waals surface area contributed by atoms with Crippen LogP contribution >= 0.6 is 0 Å². The third-order valence-corrected chi connectivity index (χ3v) is 7.52. The molecular formula is C34H36N2O3. The van der Waals surface area contributed by atoms with E-state index in [4.69, 9.17) is 4.74 Å². The Bertz CT molecular complexity index is 1360. The first-order valence-corrected chi connectivity index (χ1v) is 14.0. The van der Waals surface area contributed by atoms with Crippen LogP contribution in [0, 0.1) is 0 Å². The van der Waals surface area contributed by atoms with Gasteiger partial charge in [-0.25, -0.2) is 0 Å². The quantitative estimate of drug-likeness (QED) is 0.267. The molecule has 0 radical (unpaired) electrons. The maximum Gasteiger partial charge on any atom is 0.261 e. The zero-order valence-electron chi connectivity index (χ0n) is 22.3. The van der Waals surface area contributed by atoms with E-state index in [1.54, 1.807) is 4.90 Å². The van der Waals surface area contributed by atoms with Crippen LogP contribution in [-0.2, 0) is 22.6 Å². The molecule has 1 aliphatic rings. The molecule has 0 heterocycles. The second kappa shape index (κ2) is 13.1. The molecule has 5 heteroatoms. The fraction of sp³-hybridized carbons (Fsp3) is 0.294. The van der Waals surface area contributed by atoms with E-state index in [2.05, 4.69) is 5.32 Å². The van der Waals surface area contributed by atoms with Crippen molar-refractivity contribution < 1.29 is 14.3 Å². The lowest BCUT2D eigenvalue weighted by Gasteiger charge is -2.33. The maximum atomic E-state index is 13.9. The average Bonchev–Trinajstić information content (AvgIpc) is 2.99. The third kappa shape index (κ3) is 7.05. The summed E-state index contributed by atoms with van der Waals surface area (Å²) in [6.45, 7) is 0.178. The molecule has 1 unspecified atom stereocenters. The second-order valence-corrected chi connectivity index (χ2v) is 10.3. The van der Waals surface area contributed by atoms with Crippen LogP contribution in [0.5, 0.6) is 5.75 Å². The smallest absolute Gasteiger partial charge is 0.261 e. The summed E-state index contributed by atoms with van der Waals surface area (Å²) >= 11 is 0. The molecular weight excluding hydrogens is 484 g/mol. The van der Waals surface area contributed by atoms with Gasteiger partial charge in [-0.1, -0.05) is 116 Å². The van der Waals surface area contributed by atoms with E-state index in [1.807, 2.05) is 103 Å². The van der Waals surface area contributed by atoms with Crippen molar-refractivity contribution in [1.29, 1.82) is 0 Å². The van der Waals surface area contributed by atoms with Gasteiger partial charge < -0.3 is 15.0 Å². The van der Waals surface area contributed by atoms with Crippen molar-refractivity contribution in [2.24, 2.45) is 0 Å². The van der Waals surface area contributed by atoms with Crippen LogP contribution in [0.2, 0.25) is 0 Å². The predicted octanol–water partition coefficient (Wildman–Crippen LogP) is 6.31. The first kappa shape index (κ1) is 26.5. The van der Waals surface area contributed by atoms with Gasteiger partial charge in [-0.2, -0.15) is 0 Å². The van der Waals surface area contributed by atoms with E-state index in [9.17, 15) is 9.59 Å². The van der Waals surface area contributed by atoms with E-state index in [-0.39, 0.29) is 24.5 Å². The highest BCUT2D eigenvalue weighted by Gasteiger charge is 2.32. The van der Waals surface area contributed by atoms with Crippen LogP contribution < -0.4 is 10.1 Å². The molecule has 0 bridgehead atoms. The van der Waals surface area contributed by atoms with Gasteiger partial charge >= 0.3 is 0 Å². The predicted molar refractivity (Wildman–Crippen MR) is 155 cm³/mol. The molecule has 4 aromatic rings. The fourth-order valence-electron chi connectivity index (χ4n) is 5.42. The van der Waals surface area contributed by atoms with Crippen LogP contribution in [0.15, 0.2) is 103 Å². The molecule has 1 atom stereocenters. The lowest BCUT2D eigenvalue weighted by atomic mass is 9.94. The molecule has 5 nitrogen and oxygen atoms in total.